The van der Waals surface area contributed by atoms with Crippen LogP contribution < -0.4 is 11.3 Å². The minimum Gasteiger partial charge on any atom is -0.372 e. The van der Waals surface area contributed by atoms with Crippen LogP contribution in [0.3, 0.4) is 0 Å². The molecule has 1 aromatic carbocycles. The molecule has 1 aromatic heterocycles. The lowest BCUT2D eigenvalue weighted by Crippen LogP contribution is -2.37. The van der Waals surface area contributed by atoms with E-state index in [0.717, 1.165) is 5.56 Å². The van der Waals surface area contributed by atoms with Crippen molar-refractivity contribution in [2.24, 2.45) is 5.84 Å². The van der Waals surface area contributed by atoms with Crippen molar-refractivity contribution >= 4 is 21.4 Å². The standard InChI is InChI=1S/C14H17F3N2OS/c15-14(16,17)9-20-6-5-11(19-18)7-10-8-21-13-4-2-1-3-12(10)13/h1-4,8,11,19H,5-7,9,18H2. The van der Waals surface area contributed by atoms with Crippen LogP contribution in [0, 0.1) is 0 Å². The molecule has 3 nitrogen and oxygen atoms in total. The average molecular weight is 318 g/mol. The van der Waals surface area contributed by atoms with Crippen molar-refractivity contribution in [2.75, 3.05) is 13.2 Å². The molecule has 1 atom stereocenters. The highest BCUT2D eigenvalue weighted by atomic mass is 32.1. The number of hydrazine groups is 1. The van der Waals surface area contributed by atoms with E-state index in [-0.39, 0.29) is 12.6 Å². The third-order valence-corrected chi connectivity index (χ3v) is 4.15. The monoisotopic (exact) mass is 318 g/mol. The van der Waals surface area contributed by atoms with Crippen molar-refractivity contribution in [3.05, 3.63) is 35.2 Å². The van der Waals surface area contributed by atoms with Gasteiger partial charge in [0.05, 0.1) is 0 Å². The van der Waals surface area contributed by atoms with Crippen molar-refractivity contribution in [1.82, 2.24) is 5.43 Å². The third-order valence-electron chi connectivity index (χ3n) is 3.14. The predicted octanol–water partition coefficient (Wildman–Crippen LogP) is 3.24. The molecule has 2 rings (SSSR count). The summed E-state index contributed by atoms with van der Waals surface area (Å²) in [6.45, 7) is -1.19. The molecule has 2 aromatic rings. The summed E-state index contributed by atoms with van der Waals surface area (Å²) < 4.78 is 41.7. The van der Waals surface area contributed by atoms with Crippen LogP contribution in [0.1, 0.15) is 12.0 Å². The van der Waals surface area contributed by atoms with Gasteiger partial charge in [-0.3, -0.25) is 11.3 Å². The van der Waals surface area contributed by atoms with E-state index in [9.17, 15) is 13.2 Å². The van der Waals surface area contributed by atoms with E-state index in [1.807, 2.05) is 24.3 Å². The Balaban J connectivity index is 1.87. The largest absolute Gasteiger partial charge is 0.411 e. The number of hydrogen-bond donors (Lipinski definition) is 2. The molecular formula is C14H17F3N2OS. The number of fused-ring (bicyclic) bond motifs is 1. The number of alkyl halides is 3. The van der Waals surface area contributed by atoms with Gasteiger partial charge in [-0.25, -0.2) is 0 Å². The van der Waals surface area contributed by atoms with Crippen LogP contribution in [0.4, 0.5) is 13.2 Å². The quantitative estimate of drug-likeness (QED) is 0.468. The Bertz CT molecular complexity index is 571. The molecule has 0 aliphatic carbocycles. The van der Waals surface area contributed by atoms with Gasteiger partial charge in [0, 0.05) is 17.3 Å². The second kappa shape index (κ2) is 7.22. The highest BCUT2D eigenvalue weighted by Gasteiger charge is 2.27. The van der Waals surface area contributed by atoms with Gasteiger partial charge in [-0.2, -0.15) is 13.2 Å². The van der Waals surface area contributed by atoms with E-state index in [2.05, 4.69) is 15.5 Å². The predicted molar refractivity (Wildman–Crippen MR) is 78.1 cm³/mol. The first kappa shape index (κ1) is 16.2. The summed E-state index contributed by atoms with van der Waals surface area (Å²) in [4.78, 5) is 0. The van der Waals surface area contributed by atoms with Crippen LogP contribution in [0.5, 0.6) is 0 Å². The molecule has 1 unspecified atom stereocenters. The summed E-state index contributed by atoms with van der Waals surface area (Å²) in [7, 11) is 0. The number of ether oxygens (including phenoxy) is 1. The molecule has 0 aliphatic rings. The SMILES string of the molecule is NNC(CCOCC(F)(F)F)Cc1csc2ccccc12. The molecule has 0 fully saturated rings. The normalized spacial score (nSPS) is 13.7. The number of hydrogen-bond acceptors (Lipinski definition) is 4. The highest BCUT2D eigenvalue weighted by molar-refractivity contribution is 7.17. The van der Waals surface area contributed by atoms with Crippen LogP contribution >= 0.6 is 11.3 Å². The molecule has 3 N–H and O–H groups in total. The molecule has 0 spiro atoms. The van der Waals surface area contributed by atoms with Gasteiger partial charge >= 0.3 is 6.18 Å². The molecule has 0 bridgehead atoms. The number of nitrogens with two attached hydrogens (primary N) is 1. The van der Waals surface area contributed by atoms with E-state index < -0.39 is 12.8 Å². The molecule has 0 amide bonds. The number of thiophene rings is 1. The van der Waals surface area contributed by atoms with Crippen molar-refractivity contribution in [3.8, 4) is 0 Å². The van der Waals surface area contributed by atoms with E-state index in [1.165, 1.54) is 10.1 Å². The molecule has 1 heterocycles. The molecule has 0 saturated carbocycles. The van der Waals surface area contributed by atoms with Gasteiger partial charge in [-0.1, -0.05) is 18.2 Å². The Morgan fingerprint density at radius 1 is 1.29 bits per heavy atom. The summed E-state index contributed by atoms with van der Waals surface area (Å²) in [5.74, 6) is 5.48. The van der Waals surface area contributed by atoms with Gasteiger partial charge in [0.1, 0.15) is 6.61 Å². The van der Waals surface area contributed by atoms with Crippen LogP contribution in [0.2, 0.25) is 0 Å². The van der Waals surface area contributed by atoms with Gasteiger partial charge in [0.25, 0.3) is 0 Å². The Kier molecular flexibility index (Phi) is 5.58. The summed E-state index contributed by atoms with van der Waals surface area (Å²) in [6, 6.07) is 7.91. The lowest BCUT2D eigenvalue weighted by atomic mass is 10.0. The zero-order chi connectivity index (χ0) is 15.3. The highest BCUT2D eigenvalue weighted by Crippen LogP contribution is 2.26. The van der Waals surface area contributed by atoms with Gasteiger partial charge < -0.3 is 4.74 Å². The minimum absolute atomic E-state index is 0.0243. The topological polar surface area (TPSA) is 47.3 Å². The molecule has 21 heavy (non-hydrogen) atoms. The average Bonchev–Trinajstić information content (AvgIpc) is 2.84. The molecule has 116 valence electrons. The summed E-state index contributed by atoms with van der Waals surface area (Å²) >= 11 is 1.65. The van der Waals surface area contributed by atoms with E-state index in [1.54, 1.807) is 11.3 Å². The second-order valence-corrected chi connectivity index (χ2v) is 5.69. The fourth-order valence-corrected chi connectivity index (χ4v) is 3.09. The molecule has 0 radical (unpaired) electrons. The number of nitrogens with one attached hydrogen (secondary N) is 1. The maximum atomic E-state index is 12.0. The lowest BCUT2D eigenvalue weighted by molar-refractivity contribution is -0.174. The first-order valence-corrected chi connectivity index (χ1v) is 7.43. The van der Waals surface area contributed by atoms with Crippen LogP contribution in [-0.2, 0) is 11.2 Å². The van der Waals surface area contributed by atoms with Gasteiger partial charge in [-0.15, -0.1) is 11.3 Å². The lowest BCUT2D eigenvalue weighted by Gasteiger charge is -2.16. The van der Waals surface area contributed by atoms with Crippen molar-refractivity contribution in [2.45, 2.75) is 25.1 Å². The zero-order valence-electron chi connectivity index (χ0n) is 11.3. The van der Waals surface area contributed by atoms with E-state index in [0.29, 0.717) is 12.8 Å². The fraction of sp³-hybridized carbons (Fsp3) is 0.429. The first-order chi connectivity index (χ1) is 9.99. The van der Waals surface area contributed by atoms with E-state index >= 15 is 0 Å². The smallest absolute Gasteiger partial charge is 0.372 e. The minimum atomic E-state index is -4.28. The van der Waals surface area contributed by atoms with Crippen molar-refractivity contribution < 1.29 is 17.9 Å². The maximum Gasteiger partial charge on any atom is 0.411 e. The number of benzene rings is 1. The Morgan fingerprint density at radius 3 is 2.76 bits per heavy atom. The summed E-state index contributed by atoms with van der Waals surface area (Å²) in [6.07, 6.45) is -3.19. The molecule has 0 saturated heterocycles. The van der Waals surface area contributed by atoms with Crippen LogP contribution in [0.15, 0.2) is 29.6 Å². The second-order valence-electron chi connectivity index (χ2n) is 4.78. The zero-order valence-corrected chi connectivity index (χ0v) is 12.1. The van der Waals surface area contributed by atoms with Gasteiger partial charge in [-0.05, 0) is 35.2 Å². The van der Waals surface area contributed by atoms with Gasteiger partial charge in [0.15, 0.2) is 0 Å². The number of halogens is 3. The first-order valence-electron chi connectivity index (χ1n) is 6.55. The number of rotatable bonds is 7. The third kappa shape index (κ3) is 4.96. The maximum absolute atomic E-state index is 12.0. The summed E-state index contributed by atoms with van der Waals surface area (Å²) in [5.41, 5.74) is 3.79. The summed E-state index contributed by atoms with van der Waals surface area (Å²) in [5, 5.41) is 3.23. The Labute approximate surface area is 124 Å². The fourth-order valence-electron chi connectivity index (χ4n) is 2.11. The Hall–Kier alpha value is -1.15. The van der Waals surface area contributed by atoms with Crippen LogP contribution in [0.25, 0.3) is 10.1 Å². The molecule has 0 aliphatic heterocycles. The van der Waals surface area contributed by atoms with Crippen molar-refractivity contribution in [3.63, 3.8) is 0 Å². The van der Waals surface area contributed by atoms with E-state index in [4.69, 9.17) is 5.84 Å². The van der Waals surface area contributed by atoms with Gasteiger partial charge in [0.2, 0.25) is 0 Å². The molecular weight excluding hydrogens is 301 g/mol. The Morgan fingerprint density at radius 2 is 2.05 bits per heavy atom. The molecule has 7 heteroatoms. The van der Waals surface area contributed by atoms with Crippen molar-refractivity contribution in [1.29, 1.82) is 0 Å². The van der Waals surface area contributed by atoms with Crippen LogP contribution in [-0.4, -0.2) is 25.4 Å².